The van der Waals surface area contributed by atoms with E-state index in [1.54, 1.807) is 0 Å². The molecule has 5 nitrogen and oxygen atoms in total. The topological polar surface area (TPSA) is 98.0 Å². The van der Waals surface area contributed by atoms with E-state index >= 15 is 0 Å². The first-order valence-electron chi connectivity index (χ1n) is 3.56. The smallest absolute Gasteiger partial charge is 0.151 e. The van der Waals surface area contributed by atoms with Gasteiger partial charge in [-0.1, -0.05) is 0 Å². The molecule has 0 saturated carbocycles. The van der Waals surface area contributed by atoms with Gasteiger partial charge in [-0.05, 0) is 13.8 Å². The second-order valence-electron chi connectivity index (χ2n) is 2.99. The van der Waals surface area contributed by atoms with Crippen LogP contribution in [-0.4, -0.2) is 50.6 Å². The van der Waals surface area contributed by atoms with Crippen LogP contribution in [0.15, 0.2) is 0 Å². The molecule has 0 unspecified atom stereocenters. The number of hydrogen-bond donors (Lipinski definition) is 4. The van der Waals surface area contributed by atoms with Crippen LogP contribution in [0.4, 0.5) is 0 Å². The molecule has 0 aliphatic carbocycles. The van der Waals surface area contributed by atoms with Crippen molar-refractivity contribution in [1.29, 1.82) is 0 Å². The summed E-state index contributed by atoms with van der Waals surface area (Å²) in [5, 5.41) is 36.2. The number of carbonyl (C=O) groups is 1. The van der Waals surface area contributed by atoms with Crippen molar-refractivity contribution < 1.29 is 25.2 Å². The normalized spacial score (nSPS) is 23.8. The van der Waals surface area contributed by atoms with E-state index in [2.05, 4.69) is 0 Å². The summed E-state index contributed by atoms with van der Waals surface area (Å²) in [4.78, 5) is 10.1. The lowest BCUT2D eigenvalue weighted by Gasteiger charge is -2.32. The van der Waals surface area contributed by atoms with Crippen molar-refractivity contribution in [2.45, 2.75) is 37.8 Å². The van der Waals surface area contributed by atoms with Gasteiger partial charge in [-0.25, -0.2) is 0 Å². The van der Waals surface area contributed by atoms with E-state index in [-0.39, 0.29) is 6.29 Å². The molecule has 0 fully saturated rings. The Bertz CT molecular complexity index is 154. The van der Waals surface area contributed by atoms with Crippen molar-refractivity contribution in [2.75, 3.05) is 0 Å². The summed E-state index contributed by atoms with van der Waals surface area (Å²) in [5.41, 5.74) is -2.02. The van der Waals surface area contributed by atoms with Gasteiger partial charge in [-0.3, -0.25) is 0 Å². The molecule has 0 aromatic rings. The average molecular weight is 178 g/mol. The van der Waals surface area contributed by atoms with E-state index in [0.717, 1.165) is 6.92 Å². The third-order valence-electron chi connectivity index (χ3n) is 1.78. The van der Waals surface area contributed by atoms with E-state index in [4.69, 9.17) is 15.3 Å². The van der Waals surface area contributed by atoms with Crippen molar-refractivity contribution in [2.24, 2.45) is 0 Å². The van der Waals surface area contributed by atoms with E-state index in [1.807, 2.05) is 0 Å². The highest BCUT2D eigenvalue weighted by Gasteiger charge is 2.40. The molecule has 12 heavy (non-hydrogen) atoms. The third kappa shape index (κ3) is 2.25. The van der Waals surface area contributed by atoms with Crippen LogP contribution in [0.2, 0.25) is 0 Å². The SMILES string of the molecule is C[C@@H](O)[C@@H](O)[C@](C)(O)[C@@H](O)C=O. The van der Waals surface area contributed by atoms with Gasteiger partial charge in [0.2, 0.25) is 0 Å². The molecule has 0 bridgehead atoms. The average Bonchev–Trinajstić information content (AvgIpc) is 2.01. The van der Waals surface area contributed by atoms with Gasteiger partial charge in [0.1, 0.15) is 17.8 Å². The third-order valence-corrected chi connectivity index (χ3v) is 1.78. The largest absolute Gasteiger partial charge is 0.391 e. The zero-order valence-electron chi connectivity index (χ0n) is 7.01. The van der Waals surface area contributed by atoms with E-state index in [0.29, 0.717) is 0 Å². The molecule has 5 heteroatoms. The maximum absolute atomic E-state index is 10.1. The van der Waals surface area contributed by atoms with E-state index in [9.17, 15) is 9.90 Å². The van der Waals surface area contributed by atoms with Crippen molar-refractivity contribution >= 4 is 6.29 Å². The molecule has 0 heterocycles. The van der Waals surface area contributed by atoms with Crippen LogP contribution in [0.1, 0.15) is 13.8 Å². The number of aliphatic hydroxyl groups excluding tert-OH is 3. The predicted molar refractivity (Wildman–Crippen MR) is 40.4 cm³/mol. The maximum atomic E-state index is 10.1. The second kappa shape index (κ2) is 3.95. The first-order chi connectivity index (χ1) is 5.34. The summed E-state index contributed by atoms with van der Waals surface area (Å²) in [6, 6.07) is 0. The quantitative estimate of drug-likeness (QED) is 0.375. The molecule has 0 radical (unpaired) electrons. The molecular weight excluding hydrogens is 164 g/mol. The molecule has 0 aliphatic heterocycles. The Labute approximate surface area is 70.3 Å². The van der Waals surface area contributed by atoms with Crippen LogP contribution in [0.25, 0.3) is 0 Å². The number of aldehydes is 1. The lowest BCUT2D eigenvalue weighted by atomic mass is 9.90. The van der Waals surface area contributed by atoms with E-state index < -0.39 is 23.9 Å². The number of carbonyl (C=O) groups excluding carboxylic acids is 1. The van der Waals surface area contributed by atoms with Gasteiger partial charge in [0, 0.05) is 0 Å². The van der Waals surface area contributed by atoms with Crippen molar-refractivity contribution in [3.63, 3.8) is 0 Å². The van der Waals surface area contributed by atoms with Crippen molar-refractivity contribution in [3.8, 4) is 0 Å². The molecule has 4 N–H and O–H groups in total. The highest BCUT2D eigenvalue weighted by Crippen LogP contribution is 2.16. The fraction of sp³-hybridized carbons (Fsp3) is 0.857. The van der Waals surface area contributed by atoms with Crippen LogP contribution in [-0.2, 0) is 4.79 Å². The molecule has 0 aliphatic rings. The monoisotopic (exact) mass is 178 g/mol. The molecule has 0 aromatic heterocycles. The molecule has 0 rings (SSSR count). The molecule has 72 valence electrons. The van der Waals surface area contributed by atoms with Gasteiger partial charge < -0.3 is 25.2 Å². The van der Waals surface area contributed by atoms with Gasteiger partial charge >= 0.3 is 0 Å². The first kappa shape index (κ1) is 11.5. The van der Waals surface area contributed by atoms with Crippen molar-refractivity contribution in [3.05, 3.63) is 0 Å². The van der Waals surface area contributed by atoms with Crippen LogP contribution < -0.4 is 0 Å². The molecular formula is C7H14O5. The Morgan fingerprint density at radius 1 is 1.33 bits per heavy atom. The van der Waals surface area contributed by atoms with Gasteiger partial charge in [-0.2, -0.15) is 0 Å². The summed E-state index contributed by atoms with van der Waals surface area (Å²) in [7, 11) is 0. The summed E-state index contributed by atoms with van der Waals surface area (Å²) in [5.74, 6) is 0. The Morgan fingerprint density at radius 2 is 1.75 bits per heavy atom. The minimum atomic E-state index is -2.02. The van der Waals surface area contributed by atoms with Crippen LogP contribution in [0.3, 0.4) is 0 Å². The van der Waals surface area contributed by atoms with Gasteiger partial charge in [0.05, 0.1) is 6.10 Å². The Morgan fingerprint density at radius 3 is 2.00 bits per heavy atom. The molecule has 0 saturated heterocycles. The Hall–Kier alpha value is -0.490. The van der Waals surface area contributed by atoms with Crippen LogP contribution >= 0.6 is 0 Å². The lowest BCUT2D eigenvalue weighted by molar-refractivity contribution is -0.166. The molecule has 4 atom stereocenters. The Kier molecular flexibility index (Phi) is 3.79. The summed E-state index contributed by atoms with van der Waals surface area (Å²) < 4.78 is 0. The van der Waals surface area contributed by atoms with Crippen molar-refractivity contribution in [1.82, 2.24) is 0 Å². The maximum Gasteiger partial charge on any atom is 0.151 e. The van der Waals surface area contributed by atoms with Crippen LogP contribution in [0.5, 0.6) is 0 Å². The fourth-order valence-electron chi connectivity index (χ4n) is 0.801. The summed E-state index contributed by atoms with van der Waals surface area (Å²) in [6.45, 7) is 2.32. The summed E-state index contributed by atoms with van der Waals surface area (Å²) >= 11 is 0. The van der Waals surface area contributed by atoms with Gasteiger partial charge in [0.15, 0.2) is 6.29 Å². The van der Waals surface area contributed by atoms with Gasteiger partial charge in [-0.15, -0.1) is 0 Å². The minimum absolute atomic E-state index is 0.103. The highest BCUT2D eigenvalue weighted by molar-refractivity contribution is 5.58. The first-order valence-corrected chi connectivity index (χ1v) is 3.56. The standard InChI is InChI=1S/C7H14O5/c1-4(9)6(11)7(2,12)5(10)3-8/h3-6,9-12H,1-2H3/t4-,5+,6-,7-/m1/s1. The zero-order valence-corrected chi connectivity index (χ0v) is 7.01. The Balaban J connectivity index is 4.47. The van der Waals surface area contributed by atoms with Crippen LogP contribution in [0, 0.1) is 0 Å². The molecule has 0 amide bonds. The number of aliphatic hydroxyl groups is 4. The fourth-order valence-corrected chi connectivity index (χ4v) is 0.801. The van der Waals surface area contributed by atoms with Gasteiger partial charge in [0.25, 0.3) is 0 Å². The van der Waals surface area contributed by atoms with E-state index in [1.165, 1.54) is 6.92 Å². The minimum Gasteiger partial charge on any atom is -0.391 e. The molecule has 0 spiro atoms. The summed E-state index contributed by atoms with van der Waals surface area (Å²) in [6.07, 6.45) is -4.37. The highest BCUT2D eigenvalue weighted by atomic mass is 16.4. The number of rotatable bonds is 4. The second-order valence-corrected chi connectivity index (χ2v) is 2.99. The molecule has 0 aromatic carbocycles. The lowest BCUT2D eigenvalue weighted by Crippen LogP contribution is -2.54. The number of hydrogen-bond acceptors (Lipinski definition) is 5. The zero-order chi connectivity index (χ0) is 9.94. The predicted octanol–water partition coefficient (Wildman–Crippen LogP) is -1.96.